The maximum Gasteiger partial charge on any atom is 0.252 e. The fraction of sp³-hybridized carbons (Fsp3) is 0.250. The molecule has 2 heterocycles. The zero-order valence-corrected chi connectivity index (χ0v) is 16.1. The van der Waals surface area contributed by atoms with E-state index in [0.717, 1.165) is 28.2 Å². The van der Waals surface area contributed by atoms with E-state index in [0.29, 0.717) is 29.4 Å². The van der Waals surface area contributed by atoms with Gasteiger partial charge in [0.25, 0.3) is 5.91 Å². The molecule has 4 rings (SSSR count). The maximum atomic E-state index is 12.7. The SMILES string of the molecule is O=C(NC1CCCCNC1=O)c1ccc2c(c1)N=C(Cl)c1ccccc1S2. The predicted molar refractivity (Wildman–Crippen MR) is 107 cm³/mol. The van der Waals surface area contributed by atoms with Crippen molar-refractivity contribution in [1.82, 2.24) is 10.6 Å². The number of halogens is 1. The van der Waals surface area contributed by atoms with Crippen LogP contribution in [0.2, 0.25) is 0 Å². The zero-order chi connectivity index (χ0) is 18.8. The highest BCUT2D eigenvalue weighted by Gasteiger charge is 2.24. The Hall–Kier alpha value is -2.31. The number of hydrogen-bond donors (Lipinski definition) is 2. The zero-order valence-electron chi connectivity index (χ0n) is 14.5. The van der Waals surface area contributed by atoms with Gasteiger partial charge in [0.2, 0.25) is 5.91 Å². The third-order valence-electron chi connectivity index (χ3n) is 4.61. The standard InChI is InChI=1S/C20H18ClN3O2S/c21-18-13-5-1-2-7-16(13)27-17-9-8-12(11-15(17)23-18)19(25)24-14-6-3-4-10-22-20(14)26/h1-2,5,7-9,11,14H,3-4,6,10H2,(H,22,26)(H,24,25). The van der Waals surface area contributed by atoms with Crippen molar-refractivity contribution in [2.45, 2.75) is 35.1 Å². The molecule has 0 aliphatic carbocycles. The minimum absolute atomic E-state index is 0.123. The second-order valence-electron chi connectivity index (χ2n) is 6.50. The van der Waals surface area contributed by atoms with E-state index in [4.69, 9.17) is 11.6 Å². The molecule has 1 saturated heterocycles. The van der Waals surface area contributed by atoms with Crippen molar-refractivity contribution in [2.75, 3.05) is 6.54 Å². The molecule has 2 aliphatic heterocycles. The minimum Gasteiger partial charge on any atom is -0.354 e. The van der Waals surface area contributed by atoms with E-state index in [-0.39, 0.29) is 11.8 Å². The Kier molecular flexibility index (Phi) is 5.18. The van der Waals surface area contributed by atoms with Crippen LogP contribution in [0.4, 0.5) is 5.69 Å². The summed E-state index contributed by atoms with van der Waals surface area (Å²) in [7, 11) is 0. The number of hydrogen-bond acceptors (Lipinski definition) is 4. The second kappa shape index (κ2) is 7.74. The maximum absolute atomic E-state index is 12.7. The molecule has 1 fully saturated rings. The van der Waals surface area contributed by atoms with Crippen LogP contribution in [-0.2, 0) is 4.79 Å². The monoisotopic (exact) mass is 399 g/mol. The number of rotatable bonds is 2. The van der Waals surface area contributed by atoms with E-state index in [9.17, 15) is 9.59 Å². The van der Waals surface area contributed by atoms with Crippen molar-refractivity contribution in [2.24, 2.45) is 4.99 Å². The van der Waals surface area contributed by atoms with Gasteiger partial charge in [-0.3, -0.25) is 9.59 Å². The molecule has 5 nitrogen and oxygen atoms in total. The van der Waals surface area contributed by atoms with E-state index in [1.54, 1.807) is 23.9 Å². The lowest BCUT2D eigenvalue weighted by atomic mass is 10.1. The highest BCUT2D eigenvalue weighted by atomic mass is 35.5. The number of fused-ring (bicyclic) bond motifs is 2. The van der Waals surface area contributed by atoms with Crippen molar-refractivity contribution in [3.63, 3.8) is 0 Å². The number of benzene rings is 2. The summed E-state index contributed by atoms with van der Waals surface area (Å²) >= 11 is 7.96. The number of amides is 2. The van der Waals surface area contributed by atoms with Crippen LogP contribution in [0.25, 0.3) is 0 Å². The first-order valence-electron chi connectivity index (χ1n) is 8.86. The first-order chi connectivity index (χ1) is 13.1. The molecule has 27 heavy (non-hydrogen) atoms. The van der Waals surface area contributed by atoms with E-state index in [1.807, 2.05) is 30.3 Å². The third-order valence-corrected chi connectivity index (χ3v) is 6.04. The lowest BCUT2D eigenvalue weighted by molar-refractivity contribution is -0.122. The number of nitrogens with one attached hydrogen (secondary N) is 2. The summed E-state index contributed by atoms with van der Waals surface area (Å²) in [4.78, 5) is 31.2. The Labute approximate surface area is 166 Å². The summed E-state index contributed by atoms with van der Waals surface area (Å²) in [6.45, 7) is 0.662. The molecule has 2 aromatic rings. The molecule has 0 saturated carbocycles. The summed E-state index contributed by atoms with van der Waals surface area (Å²) in [6, 6.07) is 12.7. The van der Waals surface area contributed by atoms with Gasteiger partial charge in [0.15, 0.2) is 0 Å². The van der Waals surface area contributed by atoms with Gasteiger partial charge in [0, 0.05) is 27.5 Å². The van der Waals surface area contributed by atoms with Crippen molar-refractivity contribution in [3.05, 3.63) is 53.6 Å². The van der Waals surface area contributed by atoms with Gasteiger partial charge in [-0.1, -0.05) is 41.6 Å². The summed E-state index contributed by atoms with van der Waals surface area (Å²) in [5.41, 5.74) is 1.99. The fourth-order valence-electron chi connectivity index (χ4n) is 3.16. The van der Waals surface area contributed by atoms with Gasteiger partial charge in [0.1, 0.15) is 11.2 Å². The van der Waals surface area contributed by atoms with Crippen LogP contribution in [-0.4, -0.2) is 29.6 Å². The number of carbonyl (C=O) groups excluding carboxylic acids is 2. The molecule has 2 aromatic carbocycles. The van der Waals surface area contributed by atoms with Crippen molar-refractivity contribution in [3.8, 4) is 0 Å². The molecule has 0 aromatic heterocycles. The third kappa shape index (κ3) is 3.87. The van der Waals surface area contributed by atoms with Gasteiger partial charge in [0.05, 0.1) is 5.69 Å². The van der Waals surface area contributed by atoms with Crippen LogP contribution in [0.3, 0.4) is 0 Å². The summed E-state index contributed by atoms with van der Waals surface area (Å²) in [6.07, 6.45) is 2.49. The lowest BCUT2D eigenvalue weighted by Crippen LogP contribution is -2.45. The Morgan fingerprint density at radius 2 is 2.04 bits per heavy atom. The van der Waals surface area contributed by atoms with E-state index >= 15 is 0 Å². The topological polar surface area (TPSA) is 70.6 Å². The smallest absolute Gasteiger partial charge is 0.252 e. The number of aliphatic imine (C=N–C) groups is 1. The second-order valence-corrected chi connectivity index (χ2v) is 7.94. The first kappa shape index (κ1) is 18.1. The van der Waals surface area contributed by atoms with Gasteiger partial charge < -0.3 is 10.6 Å². The first-order valence-corrected chi connectivity index (χ1v) is 10.1. The van der Waals surface area contributed by atoms with E-state index < -0.39 is 6.04 Å². The number of nitrogens with zero attached hydrogens (tertiary/aromatic N) is 1. The van der Waals surface area contributed by atoms with Crippen molar-refractivity contribution < 1.29 is 9.59 Å². The van der Waals surface area contributed by atoms with Gasteiger partial charge in [-0.05, 0) is 43.5 Å². The highest BCUT2D eigenvalue weighted by Crippen LogP contribution is 2.41. The molecule has 2 aliphatic rings. The molecule has 0 spiro atoms. The summed E-state index contributed by atoms with van der Waals surface area (Å²) in [5, 5.41) is 6.07. The van der Waals surface area contributed by atoms with Crippen LogP contribution in [0.15, 0.2) is 57.2 Å². The van der Waals surface area contributed by atoms with Gasteiger partial charge in [-0.2, -0.15) is 0 Å². The molecule has 2 amide bonds. The molecule has 138 valence electrons. The summed E-state index contributed by atoms with van der Waals surface area (Å²) < 4.78 is 0. The Morgan fingerprint density at radius 3 is 2.93 bits per heavy atom. The molecule has 2 N–H and O–H groups in total. The minimum atomic E-state index is -0.496. The Bertz CT molecular complexity index is 945. The summed E-state index contributed by atoms with van der Waals surface area (Å²) in [5.74, 6) is -0.402. The molecule has 1 atom stereocenters. The Balaban J connectivity index is 1.59. The van der Waals surface area contributed by atoms with Gasteiger partial charge in [-0.15, -0.1) is 0 Å². The average molecular weight is 400 g/mol. The average Bonchev–Trinajstić information content (AvgIpc) is 2.95. The van der Waals surface area contributed by atoms with Crippen LogP contribution < -0.4 is 10.6 Å². The van der Waals surface area contributed by atoms with Crippen molar-refractivity contribution >= 4 is 46.0 Å². The van der Waals surface area contributed by atoms with Gasteiger partial charge >= 0.3 is 0 Å². The lowest BCUT2D eigenvalue weighted by Gasteiger charge is -2.15. The van der Waals surface area contributed by atoms with E-state index in [1.165, 1.54) is 0 Å². The molecule has 0 radical (unpaired) electrons. The van der Waals surface area contributed by atoms with E-state index in [2.05, 4.69) is 15.6 Å². The van der Waals surface area contributed by atoms with Crippen LogP contribution >= 0.6 is 23.4 Å². The Morgan fingerprint density at radius 1 is 1.19 bits per heavy atom. The van der Waals surface area contributed by atoms with Crippen LogP contribution in [0.1, 0.15) is 35.2 Å². The normalized spacial score (nSPS) is 18.9. The number of carbonyl (C=O) groups is 2. The fourth-order valence-corrected chi connectivity index (χ4v) is 4.48. The quantitative estimate of drug-likeness (QED) is 0.805. The van der Waals surface area contributed by atoms with Crippen molar-refractivity contribution in [1.29, 1.82) is 0 Å². The predicted octanol–water partition coefficient (Wildman–Crippen LogP) is 3.87. The van der Waals surface area contributed by atoms with Crippen LogP contribution in [0, 0.1) is 0 Å². The largest absolute Gasteiger partial charge is 0.354 e. The molecule has 1 unspecified atom stereocenters. The molecule has 7 heteroatoms. The molecular weight excluding hydrogens is 382 g/mol. The molecular formula is C20H18ClN3O2S. The highest BCUT2D eigenvalue weighted by molar-refractivity contribution is 7.99. The molecule has 0 bridgehead atoms. The van der Waals surface area contributed by atoms with Crippen LogP contribution in [0.5, 0.6) is 0 Å². The van der Waals surface area contributed by atoms with Gasteiger partial charge in [-0.25, -0.2) is 4.99 Å².